The lowest BCUT2D eigenvalue weighted by Crippen LogP contribution is -2.29. The monoisotopic (exact) mass is 474 g/mol. The summed E-state index contributed by atoms with van der Waals surface area (Å²) >= 11 is 0. The minimum Gasteiger partial charge on any atom is -0.485 e. The molecule has 4 rings (SSSR count). The molecule has 7 nitrogen and oxygen atoms in total. The second-order valence-corrected chi connectivity index (χ2v) is 7.78. The Balaban J connectivity index is 1.68. The molecule has 0 aromatic heterocycles. The van der Waals surface area contributed by atoms with Gasteiger partial charge in [0.1, 0.15) is 12.4 Å². The molecule has 2 aliphatic heterocycles. The highest BCUT2D eigenvalue weighted by Crippen LogP contribution is 2.34. The third-order valence-corrected chi connectivity index (χ3v) is 5.27. The van der Waals surface area contributed by atoms with Crippen molar-refractivity contribution in [2.45, 2.75) is 19.1 Å². The summed E-state index contributed by atoms with van der Waals surface area (Å²) in [6.07, 6.45) is -4.50. The second-order valence-electron chi connectivity index (χ2n) is 7.78. The van der Waals surface area contributed by atoms with E-state index in [1.807, 2.05) is 0 Å². The van der Waals surface area contributed by atoms with Gasteiger partial charge in [-0.05, 0) is 43.3 Å². The average Bonchev–Trinajstić information content (AvgIpc) is 3.05. The Labute approximate surface area is 193 Å². The number of nitrogens with zero attached hydrogens (tertiary/aromatic N) is 2. The number of halogens is 3. The molecule has 10 heteroatoms. The Morgan fingerprint density at radius 2 is 1.88 bits per heavy atom. The van der Waals surface area contributed by atoms with Crippen molar-refractivity contribution in [2.24, 2.45) is 4.99 Å². The van der Waals surface area contributed by atoms with Crippen LogP contribution in [0.5, 0.6) is 5.75 Å². The first-order valence-corrected chi connectivity index (χ1v) is 10.4. The predicted molar refractivity (Wildman–Crippen MR) is 117 cm³/mol. The van der Waals surface area contributed by atoms with E-state index in [4.69, 9.17) is 14.2 Å². The fraction of sp³-hybridized carbons (Fsp3) is 0.292. The van der Waals surface area contributed by atoms with E-state index < -0.39 is 24.7 Å². The van der Waals surface area contributed by atoms with Gasteiger partial charge in [0.25, 0.3) is 5.91 Å². The van der Waals surface area contributed by atoms with Crippen molar-refractivity contribution in [1.29, 1.82) is 0 Å². The number of ether oxygens (including phenoxy) is 3. The highest BCUT2D eigenvalue weighted by molar-refractivity contribution is 6.23. The summed E-state index contributed by atoms with van der Waals surface area (Å²) in [6, 6.07) is 12.2. The largest absolute Gasteiger partial charge is 0.485 e. The lowest BCUT2D eigenvalue weighted by atomic mass is 10.0. The van der Waals surface area contributed by atoms with Crippen molar-refractivity contribution >= 4 is 23.3 Å². The summed E-state index contributed by atoms with van der Waals surface area (Å²) in [5.74, 6) is -0.814. The van der Waals surface area contributed by atoms with Gasteiger partial charge in [-0.3, -0.25) is 9.79 Å². The summed E-state index contributed by atoms with van der Waals surface area (Å²) in [5, 5.41) is 0. The highest BCUT2D eigenvalue weighted by atomic mass is 19.4. The Morgan fingerprint density at radius 1 is 1.18 bits per heavy atom. The van der Waals surface area contributed by atoms with E-state index in [1.54, 1.807) is 37.3 Å². The quantitative estimate of drug-likeness (QED) is 0.614. The zero-order valence-corrected chi connectivity index (χ0v) is 18.4. The van der Waals surface area contributed by atoms with E-state index in [9.17, 15) is 22.8 Å². The molecule has 0 unspecified atom stereocenters. The van der Waals surface area contributed by atoms with Crippen LogP contribution in [0.25, 0.3) is 0 Å². The van der Waals surface area contributed by atoms with Gasteiger partial charge in [0.15, 0.2) is 12.4 Å². The van der Waals surface area contributed by atoms with Crippen molar-refractivity contribution in [2.75, 3.05) is 31.8 Å². The van der Waals surface area contributed by atoms with Gasteiger partial charge in [0.2, 0.25) is 0 Å². The summed E-state index contributed by atoms with van der Waals surface area (Å²) in [6.45, 7) is 0.557. The van der Waals surface area contributed by atoms with Crippen LogP contribution in [0.1, 0.15) is 22.8 Å². The van der Waals surface area contributed by atoms with Gasteiger partial charge in [-0.2, -0.15) is 13.2 Å². The van der Waals surface area contributed by atoms with E-state index in [2.05, 4.69) is 4.99 Å². The topological polar surface area (TPSA) is 77.4 Å². The number of anilines is 1. The number of para-hydroxylation sites is 1. The molecule has 34 heavy (non-hydrogen) atoms. The lowest BCUT2D eigenvalue weighted by molar-refractivity contribution is -0.153. The van der Waals surface area contributed by atoms with E-state index >= 15 is 0 Å². The van der Waals surface area contributed by atoms with Crippen molar-refractivity contribution in [3.63, 3.8) is 0 Å². The van der Waals surface area contributed by atoms with Gasteiger partial charge < -0.3 is 19.1 Å². The van der Waals surface area contributed by atoms with Crippen LogP contribution in [0.4, 0.5) is 18.9 Å². The molecule has 0 saturated carbocycles. The number of carbonyl (C=O) groups is 2. The highest BCUT2D eigenvalue weighted by Gasteiger charge is 2.38. The molecule has 178 valence electrons. The molecule has 2 aromatic rings. The van der Waals surface area contributed by atoms with E-state index in [1.165, 1.54) is 30.2 Å². The van der Waals surface area contributed by atoms with Gasteiger partial charge in [-0.1, -0.05) is 12.1 Å². The van der Waals surface area contributed by atoms with Gasteiger partial charge >= 0.3 is 12.1 Å². The number of amides is 1. The maximum Gasteiger partial charge on any atom is 0.422 e. The van der Waals surface area contributed by atoms with Gasteiger partial charge in [-0.15, -0.1) is 0 Å². The first kappa shape index (κ1) is 23.3. The number of hydrogen-bond donors (Lipinski definition) is 0. The number of aliphatic imine (C=N–C) groups is 1. The molecule has 0 saturated heterocycles. The number of methoxy groups -OCH3 is 1. The zero-order chi connectivity index (χ0) is 24.5. The number of benzene rings is 2. The first-order chi connectivity index (χ1) is 16.2. The summed E-state index contributed by atoms with van der Waals surface area (Å²) in [7, 11) is 1.27. The molecule has 0 spiro atoms. The Bertz CT molecular complexity index is 1170. The van der Waals surface area contributed by atoms with E-state index in [0.717, 1.165) is 0 Å². The van der Waals surface area contributed by atoms with Crippen LogP contribution in [0.15, 0.2) is 64.9 Å². The number of alkyl halides is 3. The standard InChI is InChI=1S/C24H21F3N2O5/c1-14-12-33-21-18(11-29(22(21)30)16-9-7-15(8-10-16)23(31)32-2)20(28-14)17-5-3-4-6-19(17)34-13-24(25,26)27/h3-10,14H,11-13H2,1-2H3/t14-/m1/s1. The SMILES string of the molecule is COC(=O)c1ccc(N2CC3=C(OC[C@@H](C)N=C3c3ccccc3OCC(F)(F)F)C2=O)cc1. The van der Waals surface area contributed by atoms with Crippen molar-refractivity contribution < 1.29 is 37.0 Å². The molecule has 0 radical (unpaired) electrons. The fourth-order valence-electron chi connectivity index (χ4n) is 3.71. The van der Waals surface area contributed by atoms with Crippen LogP contribution in [0, 0.1) is 0 Å². The van der Waals surface area contributed by atoms with Crippen molar-refractivity contribution in [3.05, 3.63) is 71.0 Å². The zero-order valence-electron chi connectivity index (χ0n) is 18.4. The number of rotatable bonds is 5. The van der Waals surface area contributed by atoms with Crippen LogP contribution in [-0.2, 0) is 14.3 Å². The Hall–Kier alpha value is -3.82. The normalized spacial score (nSPS) is 18.1. The van der Waals surface area contributed by atoms with Crippen LogP contribution in [0.2, 0.25) is 0 Å². The third kappa shape index (κ3) is 4.75. The molecule has 0 aliphatic carbocycles. The van der Waals surface area contributed by atoms with Gasteiger partial charge in [0.05, 0.1) is 31.0 Å². The maximum absolute atomic E-state index is 13.2. The fourth-order valence-corrected chi connectivity index (χ4v) is 3.71. The molecule has 2 heterocycles. The molecule has 1 amide bonds. The third-order valence-electron chi connectivity index (χ3n) is 5.27. The Morgan fingerprint density at radius 3 is 2.56 bits per heavy atom. The molecule has 0 bridgehead atoms. The maximum atomic E-state index is 13.2. The smallest absolute Gasteiger partial charge is 0.422 e. The van der Waals surface area contributed by atoms with Crippen LogP contribution in [-0.4, -0.2) is 56.7 Å². The second kappa shape index (κ2) is 9.20. The molecular formula is C24H21F3N2O5. The molecular weight excluding hydrogens is 453 g/mol. The average molecular weight is 474 g/mol. The summed E-state index contributed by atoms with van der Waals surface area (Å²) < 4.78 is 53.9. The van der Waals surface area contributed by atoms with E-state index in [-0.39, 0.29) is 30.7 Å². The number of carbonyl (C=O) groups excluding carboxylic acids is 2. The minimum atomic E-state index is -4.50. The van der Waals surface area contributed by atoms with E-state index in [0.29, 0.717) is 28.1 Å². The predicted octanol–water partition coefficient (Wildman–Crippen LogP) is 3.92. The first-order valence-electron chi connectivity index (χ1n) is 10.4. The molecule has 1 atom stereocenters. The molecule has 2 aliphatic rings. The van der Waals surface area contributed by atoms with Crippen LogP contribution < -0.4 is 9.64 Å². The number of esters is 1. The summed E-state index contributed by atoms with van der Waals surface area (Å²) in [4.78, 5) is 31.0. The molecule has 2 aromatic carbocycles. The van der Waals surface area contributed by atoms with Crippen molar-refractivity contribution in [3.8, 4) is 5.75 Å². The number of hydrogen-bond acceptors (Lipinski definition) is 6. The van der Waals surface area contributed by atoms with Gasteiger partial charge in [-0.25, -0.2) is 4.79 Å². The Kier molecular flexibility index (Phi) is 6.32. The molecule has 0 N–H and O–H groups in total. The lowest BCUT2D eigenvalue weighted by Gasteiger charge is -2.19. The summed E-state index contributed by atoms with van der Waals surface area (Å²) in [5.41, 5.74) is 1.99. The minimum absolute atomic E-state index is 0.00727. The van der Waals surface area contributed by atoms with Crippen LogP contribution >= 0.6 is 0 Å². The van der Waals surface area contributed by atoms with Gasteiger partial charge in [0, 0.05) is 16.8 Å². The van der Waals surface area contributed by atoms with Crippen molar-refractivity contribution in [1.82, 2.24) is 0 Å². The molecule has 0 fully saturated rings. The van der Waals surface area contributed by atoms with Crippen LogP contribution in [0.3, 0.4) is 0 Å².